The lowest BCUT2D eigenvalue weighted by atomic mass is 10.1. The van der Waals surface area contributed by atoms with E-state index in [9.17, 15) is 13.2 Å². The van der Waals surface area contributed by atoms with Crippen molar-refractivity contribution in [2.75, 3.05) is 5.73 Å². The molecule has 2 rings (SSSR count). The van der Waals surface area contributed by atoms with Crippen LogP contribution in [0.5, 0.6) is 0 Å². The fourth-order valence-corrected chi connectivity index (χ4v) is 1.73. The van der Waals surface area contributed by atoms with Crippen LogP contribution in [0.1, 0.15) is 22.8 Å². The minimum Gasteiger partial charge on any atom is -0.399 e. The Bertz CT molecular complexity index is 602. The zero-order valence-corrected chi connectivity index (χ0v) is 10.5. The van der Waals surface area contributed by atoms with Crippen molar-refractivity contribution in [3.05, 3.63) is 41.0 Å². The standard InChI is InChI=1S/C12H13F3N4/c1-7-9(4-3-5-10(7)16)6-19-8(2)17-11(18-19)12(13,14)15/h3-5H,6,16H2,1-2H3. The van der Waals surface area contributed by atoms with Gasteiger partial charge in [0.25, 0.3) is 5.82 Å². The molecule has 19 heavy (non-hydrogen) atoms. The predicted octanol–water partition coefficient (Wildman–Crippen LogP) is 2.54. The minimum absolute atomic E-state index is 0.214. The summed E-state index contributed by atoms with van der Waals surface area (Å²) in [5.41, 5.74) is 8.02. The lowest BCUT2D eigenvalue weighted by Gasteiger charge is -2.09. The number of alkyl halides is 3. The van der Waals surface area contributed by atoms with Crippen LogP contribution in [0.2, 0.25) is 0 Å². The zero-order chi connectivity index (χ0) is 14.2. The minimum atomic E-state index is -4.53. The average Bonchev–Trinajstić information content (AvgIpc) is 2.67. The van der Waals surface area contributed by atoms with Crippen LogP contribution >= 0.6 is 0 Å². The first-order valence-electron chi connectivity index (χ1n) is 5.61. The highest BCUT2D eigenvalue weighted by Crippen LogP contribution is 2.26. The summed E-state index contributed by atoms with van der Waals surface area (Å²) in [6.45, 7) is 3.53. The zero-order valence-electron chi connectivity index (χ0n) is 10.5. The topological polar surface area (TPSA) is 56.7 Å². The van der Waals surface area contributed by atoms with Gasteiger partial charge in [-0.2, -0.15) is 13.2 Å². The molecule has 0 aliphatic rings. The maximum Gasteiger partial charge on any atom is 0.453 e. The van der Waals surface area contributed by atoms with E-state index in [-0.39, 0.29) is 12.4 Å². The van der Waals surface area contributed by atoms with Gasteiger partial charge >= 0.3 is 6.18 Å². The largest absolute Gasteiger partial charge is 0.453 e. The number of hydrogen-bond acceptors (Lipinski definition) is 3. The number of hydrogen-bond donors (Lipinski definition) is 1. The molecule has 0 fully saturated rings. The molecule has 0 aliphatic heterocycles. The first-order valence-corrected chi connectivity index (χ1v) is 5.61. The number of nitrogens with zero attached hydrogens (tertiary/aromatic N) is 3. The van der Waals surface area contributed by atoms with Crippen LogP contribution in [-0.4, -0.2) is 14.8 Å². The van der Waals surface area contributed by atoms with Crippen LogP contribution in [-0.2, 0) is 12.7 Å². The maximum absolute atomic E-state index is 12.5. The molecule has 0 amide bonds. The molecule has 0 unspecified atom stereocenters. The van der Waals surface area contributed by atoms with Gasteiger partial charge in [0.15, 0.2) is 0 Å². The summed E-state index contributed by atoms with van der Waals surface area (Å²) >= 11 is 0. The van der Waals surface area contributed by atoms with Gasteiger partial charge in [-0.3, -0.25) is 0 Å². The van der Waals surface area contributed by atoms with Crippen LogP contribution in [0.3, 0.4) is 0 Å². The van der Waals surface area contributed by atoms with Crippen LogP contribution in [0.4, 0.5) is 18.9 Å². The molecule has 1 aromatic heterocycles. The van der Waals surface area contributed by atoms with E-state index in [1.54, 1.807) is 18.2 Å². The number of anilines is 1. The summed E-state index contributed by atoms with van der Waals surface area (Å²) < 4.78 is 38.7. The molecule has 0 atom stereocenters. The lowest BCUT2D eigenvalue weighted by molar-refractivity contribution is -0.145. The van der Waals surface area contributed by atoms with Crippen molar-refractivity contribution in [3.63, 3.8) is 0 Å². The van der Waals surface area contributed by atoms with Gasteiger partial charge < -0.3 is 5.73 Å². The third-order valence-corrected chi connectivity index (χ3v) is 2.92. The summed E-state index contributed by atoms with van der Waals surface area (Å²) in [5, 5.41) is 3.49. The van der Waals surface area contributed by atoms with Gasteiger partial charge in [-0.05, 0) is 31.0 Å². The fraction of sp³-hybridized carbons (Fsp3) is 0.333. The van der Waals surface area contributed by atoms with E-state index in [0.29, 0.717) is 5.69 Å². The van der Waals surface area contributed by atoms with Crippen molar-refractivity contribution in [2.45, 2.75) is 26.6 Å². The summed E-state index contributed by atoms with van der Waals surface area (Å²) in [6, 6.07) is 5.31. The molecule has 102 valence electrons. The second kappa shape index (κ2) is 4.56. The van der Waals surface area contributed by atoms with Gasteiger partial charge in [0.1, 0.15) is 5.82 Å². The number of rotatable bonds is 2. The van der Waals surface area contributed by atoms with Gasteiger partial charge in [0, 0.05) is 5.69 Å². The number of nitrogens with two attached hydrogens (primary N) is 1. The summed E-state index contributed by atoms with van der Waals surface area (Å²) in [5.74, 6) is -0.902. The highest BCUT2D eigenvalue weighted by atomic mass is 19.4. The normalized spacial score (nSPS) is 11.8. The van der Waals surface area contributed by atoms with E-state index in [1.165, 1.54) is 11.6 Å². The molecule has 0 aliphatic carbocycles. The molecule has 4 nitrogen and oxygen atoms in total. The van der Waals surface area contributed by atoms with Gasteiger partial charge in [0.2, 0.25) is 0 Å². The molecule has 7 heteroatoms. The van der Waals surface area contributed by atoms with Crippen molar-refractivity contribution in [1.82, 2.24) is 14.8 Å². The molecule has 0 spiro atoms. The number of aromatic nitrogens is 3. The van der Waals surface area contributed by atoms with Crippen LogP contribution < -0.4 is 5.73 Å². The van der Waals surface area contributed by atoms with Gasteiger partial charge in [0.05, 0.1) is 6.54 Å². The Morgan fingerprint density at radius 2 is 1.95 bits per heavy atom. The lowest BCUT2D eigenvalue weighted by Crippen LogP contribution is -2.10. The molecule has 0 bridgehead atoms. The van der Waals surface area contributed by atoms with Crippen molar-refractivity contribution in [1.29, 1.82) is 0 Å². The summed E-state index contributed by atoms with van der Waals surface area (Å²) in [6.07, 6.45) is -4.53. The first-order chi connectivity index (χ1) is 8.79. The Labute approximate surface area is 108 Å². The van der Waals surface area contributed by atoms with Gasteiger partial charge in [-0.25, -0.2) is 9.67 Å². The Morgan fingerprint density at radius 1 is 1.26 bits per heavy atom. The van der Waals surface area contributed by atoms with E-state index < -0.39 is 12.0 Å². The second-order valence-electron chi connectivity index (χ2n) is 4.27. The smallest absolute Gasteiger partial charge is 0.399 e. The van der Waals surface area contributed by atoms with E-state index >= 15 is 0 Å². The van der Waals surface area contributed by atoms with Crippen molar-refractivity contribution in [2.24, 2.45) is 0 Å². The number of halogens is 3. The van der Waals surface area contributed by atoms with Crippen LogP contribution in [0.25, 0.3) is 0 Å². The molecule has 0 radical (unpaired) electrons. The first kappa shape index (κ1) is 13.4. The van der Waals surface area contributed by atoms with E-state index in [2.05, 4.69) is 10.1 Å². The Morgan fingerprint density at radius 3 is 2.53 bits per heavy atom. The third kappa shape index (κ3) is 2.69. The molecule has 1 heterocycles. The van der Waals surface area contributed by atoms with Crippen molar-refractivity contribution in [3.8, 4) is 0 Å². The molecule has 0 saturated carbocycles. The molecule has 0 saturated heterocycles. The van der Waals surface area contributed by atoms with Crippen molar-refractivity contribution >= 4 is 5.69 Å². The van der Waals surface area contributed by atoms with Gasteiger partial charge in [-0.1, -0.05) is 12.1 Å². The summed E-state index contributed by atoms with van der Waals surface area (Å²) in [4.78, 5) is 3.43. The number of benzene rings is 1. The third-order valence-electron chi connectivity index (χ3n) is 2.92. The Balaban J connectivity index is 2.34. The quantitative estimate of drug-likeness (QED) is 0.853. The molecule has 2 aromatic rings. The van der Waals surface area contributed by atoms with E-state index in [1.807, 2.05) is 6.92 Å². The summed E-state index contributed by atoms with van der Waals surface area (Å²) in [7, 11) is 0. The maximum atomic E-state index is 12.5. The molecular formula is C12H13F3N4. The molecule has 1 aromatic carbocycles. The molecule has 2 N–H and O–H groups in total. The van der Waals surface area contributed by atoms with Crippen LogP contribution in [0.15, 0.2) is 18.2 Å². The Kier molecular flexibility index (Phi) is 3.21. The van der Waals surface area contributed by atoms with E-state index in [4.69, 9.17) is 5.73 Å². The highest BCUT2D eigenvalue weighted by Gasteiger charge is 2.36. The highest BCUT2D eigenvalue weighted by molar-refractivity contribution is 5.49. The molecular weight excluding hydrogens is 257 g/mol. The fourth-order valence-electron chi connectivity index (χ4n) is 1.73. The van der Waals surface area contributed by atoms with Crippen molar-refractivity contribution < 1.29 is 13.2 Å². The number of nitrogen functional groups attached to an aromatic ring is 1. The SMILES string of the molecule is Cc1c(N)cccc1Cn1nc(C(F)(F)F)nc1C. The van der Waals surface area contributed by atoms with E-state index in [0.717, 1.165) is 11.1 Å². The number of aryl methyl sites for hydroxylation is 1. The predicted molar refractivity (Wildman–Crippen MR) is 64.5 cm³/mol. The second-order valence-corrected chi connectivity index (χ2v) is 4.27. The van der Waals surface area contributed by atoms with Crippen LogP contribution in [0, 0.1) is 13.8 Å². The average molecular weight is 270 g/mol. The van der Waals surface area contributed by atoms with Gasteiger partial charge in [-0.15, -0.1) is 5.10 Å². The Hall–Kier alpha value is -2.05. The monoisotopic (exact) mass is 270 g/mol.